The van der Waals surface area contributed by atoms with E-state index in [9.17, 15) is 14.0 Å². The Morgan fingerprint density at radius 3 is 2.78 bits per heavy atom. The zero-order chi connectivity index (χ0) is 16.5. The van der Waals surface area contributed by atoms with E-state index in [4.69, 9.17) is 9.15 Å². The summed E-state index contributed by atoms with van der Waals surface area (Å²) in [5.41, 5.74) is 0. The van der Waals surface area contributed by atoms with Crippen LogP contribution in [0.5, 0.6) is 0 Å². The highest BCUT2D eigenvalue weighted by Gasteiger charge is 2.09. The SMILES string of the molecule is O=C(CCNC(=O)c1ccco1)OCCSc1ccccc1F. The number of esters is 1. The van der Waals surface area contributed by atoms with Gasteiger partial charge in [0.25, 0.3) is 5.91 Å². The first-order chi connectivity index (χ1) is 11.2. The molecule has 2 aromatic rings. The monoisotopic (exact) mass is 337 g/mol. The van der Waals surface area contributed by atoms with Crippen molar-refractivity contribution in [2.24, 2.45) is 0 Å². The number of hydrogen-bond donors (Lipinski definition) is 1. The van der Waals surface area contributed by atoms with Crippen molar-refractivity contribution in [1.29, 1.82) is 0 Å². The quantitative estimate of drug-likeness (QED) is 0.456. The van der Waals surface area contributed by atoms with Gasteiger partial charge in [0.1, 0.15) is 12.4 Å². The average molecular weight is 337 g/mol. The number of amides is 1. The molecule has 0 unspecified atom stereocenters. The van der Waals surface area contributed by atoms with Crippen LogP contribution in [0.2, 0.25) is 0 Å². The van der Waals surface area contributed by atoms with Crippen molar-refractivity contribution in [3.05, 3.63) is 54.2 Å². The molecule has 0 aliphatic carbocycles. The van der Waals surface area contributed by atoms with E-state index < -0.39 is 5.97 Å². The highest BCUT2D eigenvalue weighted by atomic mass is 32.2. The second-order valence-corrected chi connectivity index (χ2v) is 5.62. The normalized spacial score (nSPS) is 10.3. The molecule has 0 aliphatic rings. The van der Waals surface area contributed by atoms with Crippen LogP contribution >= 0.6 is 11.8 Å². The van der Waals surface area contributed by atoms with Gasteiger partial charge in [0, 0.05) is 17.2 Å². The Morgan fingerprint density at radius 2 is 2.04 bits per heavy atom. The van der Waals surface area contributed by atoms with E-state index in [1.807, 2.05) is 0 Å². The molecule has 0 fully saturated rings. The van der Waals surface area contributed by atoms with E-state index in [-0.39, 0.29) is 37.1 Å². The van der Waals surface area contributed by atoms with Gasteiger partial charge < -0.3 is 14.5 Å². The Bertz CT molecular complexity index is 645. The lowest BCUT2D eigenvalue weighted by atomic mass is 10.3. The zero-order valence-corrected chi connectivity index (χ0v) is 13.1. The lowest BCUT2D eigenvalue weighted by Crippen LogP contribution is -2.26. The Balaban J connectivity index is 1.57. The van der Waals surface area contributed by atoms with Crippen LogP contribution in [-0.4, -0.2) is 30.8 Å². The van der Waals surface area contributed by atoms with Crippen molar-refractivity contribution >= 4 is 23.6 Å². The number of nitrogens with one attached hydrogen (secondary N) is 1. The van der Waals surface area contributed by atoms with Gasteiger partial charge in [-0.2, -0.15) is 0 Å². The number of rotatable bonds is 8. The number of carbonyl (C=O) groups is 2. The third-order valence-corrected chi connectivity index (χ3v) is 3.81. The van der Waals surface area contributed by atoms with Gasteiger partial charge in [-0.05, 0) is 24.3 Å². The molecule has 23 heavy (non-hydrogen) atoms. The summed E-state index contributed by atoms with van der Waals surface area (Å²) in [6, 6.07) is 9.57. The molecular formula is C16H16FNO4S. The molecule has 0 saturated heterocycles. The second-order valence-electron chi connectivity index (χ2n) is 4.48. The molecule has 1 aromatic heterocycles. The summed E-state index contributed by atoms with van der Waals surface area (Å²) in [5.74, 6) is -0.424. The molecule has 1 amide bonds. The summed E-state index contributed by atoms with van der Waals surface area (Å²) in [6.07, 6.45) is 1.47. The van der Waals surface area contributed by atoms with Gasteiger partial charge in [-0.3, -0.25) is 9.59 Å². The van der Waals surface area contributed by atoms with Crippen molar-refractivity contribution < 1.29 is 23.1 Å². The van der Waals surface area contributed by atoms with E-state index in [0.717, 1.165) is 0 Å². The summed E-state index contributed by atoms with van der Waals surface area (Å²) < 4.78 is 23.3. The first kappa shape index (κ1) is 17.1. The van der Waals surface area contributed by atoms with Crippen molar-refractivity contribution in [2.75, 3.05) is 18.9 Å². The summed E-state index contributed by atoms with van der Waals surface area (Å²) >= 11 is 1.28. The van der Waals surface area contributed by atoms with E-state index in [0.29, 0.717) is 10.6 Å². The minimum atomic E-state index is -0.418. The Kier molecular flexibility index (Phi) is 6.68. The molecule has 0 saturated carbocycles. The van der Waals surface area contributed by atoms with Gasteiger partial charge in [0.15, 0.2) is 5.76 Å². The van der Waals surface area contributed by atoms with Crippen LogP contribution in [0.25, 0.3) is 0 Å². The van der Waals surface area contributed by atoms with Crippen molar-refractivity contribution in [3.63, 3.8) is 0 Å². The highest BCUT2D eigenvalue weighted by Crippen LogP contribution is 2.20. The third-order valence-electron chi connectivity index (χ3n) is 2.80. The number of thioether (sulfide) groups is 1. The standard InChI is InChI=1S/C16H16FNO4S/c17-12-4-1-2-6-14(12)23-11-10-22-15(19)7-8-18-16(20)13-5-3-9-21-13/h1-6,9H,7-8,10-11H2,(H,18,20). The van der Waals surface area contributed by atoms with Crippen LogP contribution in [0.3, 0.4) is 0 Å². The maximum atomic E-state index is 13.4. The largest absolute Gasteiger partial charge is 0.465 e. The molecule has 1 heterocycles. The van der Waals surface area contributed by atoms with Crippen LogP contribution in [0, 0.1) is 5.82 Å². The van der Waals surface area contributed by atoms with Crippen LogP contribution in [0.15, 0.2) is 52.0 Å². The third kappa shape index (κ3) is 5.78. The molecule has 2 rings (SSSR count). The first-order valence-electron chi connectivity index (χ1n) is 7.01. The van der Waals surface area contributed by atoms with Gasteiger partial charge in [0.05, 0.1) is 12.7 Å². The Labute approximate surface area is 137 Å². The number of carbonyl (C=O) groups excluding carboxylic acids is 2. The highest BCUT2D eigenvalue weighted by molar-refractivity contribution is 7.99. The van der Waals surface area contributed by atoms with E-state index in [2.05, 4.69) is 5.32 Å². The average Bonchev–Trinajstić information content (AvgIpc) is 3.07. The molecule has 122 valence electrons. The molecule has 0 radical (unpaired) electrons. The molecule has 0 spiro atoms. The molecule has 7 heteroatoms. The number of halogens is 1. The van der Waals surface area contributed by atoms with Gasteiger partial charge in [-0.15, -0.1) is 11.8 Å². The fourth-order valence-corrected chi connectivity index (χ4v) is 2.48. The minimum Gasteiger partial charge on any atom is -0.465 e. The molecular weight excluding hydrogens is 321 g/mol. The first-order valence-corrected chi connectivity index (χ1v) is 8.00. The molecule has 1 N–H and O–H groups in total. The fraction of sp³-hybridized carbons (Fsp3) is 0.250. The predicted octanol–water partition coefficient (Wildman–Crippen LogP) is 2.87. The maximum absolute atomic E-state index is 13.4. The van der Waals surface area contributed by atoms with Crippen molar-refractivity contribution in [1.82, 2.24) is 5.32 Å². The molecule has 0 aliphatic heterocycles. The summed E-state index contributed by atoms with van der Waals surface area (Å²) in [5, 5.41) is 2.55. The summed E-state index contributed by atoms with van der Waals surface area (Å²) in [4.78, 5) is 23.6. The van der Waals surface area contributed by atoms with Crippen LogP contribution in [-0.2, 0) is 9.53 Å². The second kappa shape index (κ2) is 8.99. The van der Waals surface area contributed by atoms with Crippen molar-refractivity contribution in [3.8, 4) is 0 Å². The lowest BCUT2D eigenvalue weighted by molar-refractivity contribution is -0.142. The molecule has 1 aromatic carbocycles. The lowest BCUT2D eigenvalue weighted by Gasteiger charge is -2.06. The summed E-state index contributed by atoms with van der Waals surface area (Å²) in [6.45, 7) is 0.350. The van der Waals surface area contributed by atoms with E-state index >= 15 is 0 Å². The van der Waals surface area contributed by atoms with Gasteiger partial charge in [0.2, 0.25) is 0 Å². The van der Waals surface area contributed by atoms with Gasteiger partial charge in [-0.1, -0.05) is 12.1 Å². The predicted molar refractivity (Wildman–Crippen MR) is 83.7 cm³/mol. The molecule has 0 atom stereocenters. The fourth-order valence-electron chi connectivity index (χ4n) is 1.71. The topological polar surface area (TPSA) is 68.5 Å². The summed E-state index contributed by atoms with van der Waals surface area (Å²) in [7, 11) is 0. The zero-order valence-electron chi connectivity index (χ0n) is 12.3. The van der Waals surface area contributed by atoms with Crippen molar-refractivity contribution in [2.45, 2.75) is 11.3 Å². The molecule has 5 nitrogen and oxygen atoms in total. The molecule has 0 bridgehead atoms. The van der Waals surface area contributed by atoms with Crippen LogP contribution in [0.1, 0.15) is 17.0 Å². The van der Waals surface area contributed by atoms with Crippen LogP contribution < -0.4 is 5.32 Å². The smallest absolute Gasteiger partial charge is 0.307 e. The van der Waals surface area contributed by atoms with Crippen LogP contribution in [0.4, 0.5) is 4.39 Å². The minimum absolute atomic E-state index is 0.0663. The van der Waals surface area contributed by atoms with E-state index in [1.54, 1.807) is 24.3 Å². The number of ether oxygens (including phenoxy) is 1. The Morgan fingerprint density at radius 1 is 1.22 bits per heavy atom. The maximum Gasteiger partial charge on any atom is 0.307 e. The van der Waals surface area contributed by atoms with Gasteiger partial charge >= 0.3 is 5.97 Å². The Hall–Kier alpha value is -2.28. The number of furan rings is 1. The van der Waals surface area contributed by atoms with Gasteiger partial charge in [-0.25, -0.2) is 4.39 Å². The number of benzene rings is 1. The van der Waals surface area contributed by atoms with E-state index in [1.165, 1.54) is 30.2 Å². The number of hydrogen-bond acceptors (Lipinski definition) is 5.